The number of aliphatic hydroxyl groups is 4. The Hall–Kier alpha value is -0.750. The maximum absolute atomic E-state index is 11.4. The maximum atomic E-state index is 11.4. The fourth-order valence-electron chi connectivity index (χ4n) is 3.47. The zero-order valence-electron chi connectivity index (χ0n) is 18.9. The summed E-state index contributed by atoms with van der Waals surface area (Å²) in [5.41, 5.74) is 5.29. The van der Waals surface area contributed by atoms with E-state index in [0.29, 0.717) is 0 Å². The molecule has 226 valence electrons. The molecular formula is C14H28N2O19S3. The molecule has 0 aromatic rings. The molecule has 0 saturated carbocycles. The minimum absolute atomic E-state index is 0.0685. The number of hydrogen-bond donors (Lipinski definition) is 9. The van der Waals surface area contributed by atoms with Crippen LogP contribution in [0.4, 0.5) is 0 Å². The second-order valence-electron chi connectivity index (χ2n) is 7.85. The Morgan fingerprint density at radius 2 is 1.26 bits per heavy atom. The molecule has 2 rings (SSSR count). The summed E-state index contributed by atoms with van der Waals surface area (Å²) in [6.45, 7) is -2.54. The molecule has 0 aliphatic carbocycles. The molecular weight excluding hydrogens is 596 g/mol. The Morgan fingerprint density at radius 1 is 0.737 bits per heavy atom. The van der Waals surface area contributed by atoms with Gasteiger partial charge in [0.2, 0.25) is 0 Å². The lowest BCUT2D eigenvalue weighted by molar-refractivity contribution is -0.345. The third kappa shape index (κ3) is 10.0. The van der Waals surface area contributed by atoms with Gasteiger partial charge in [-0.05, 0) is 0 Å². The summed E-state index contributed by atoms with van der Waals surface area (Å²) in [5, 5.41) is 41.6. The number of ether oxygens (including phenoxy) is 4. The zero-order chi connectivity index (χ0) is 29.1. The Kier molecular flexibility index (Phi) is 11.7. The molecule has 0 radical (unpaired) electrons. The molecule has 0 bridgehead atoms. The van der Waals surface area contributed by atoms with Crippen LogP contribution in [0, 0.1) is 0 Å². The van der Waals surface area contributed by atoms with Gasteiger partial charge in [0.1, 0.15) is 48.8 Å². The minimum atomic E-state index is -5.15. The fourth-order valence-corrected chi connectivity index (χ4v) is 4.68. The van der Waals surface area contributed by atoms with E-state index in [1.165, 1.54) is 4.72 Å². The molecule has 2 fully saturated rings. The van der Waals surface area contributed by atoms with E-state index < -0.39 is 106 Å². The molecule has 0 aromatic carbocycles. The Labute approximate surface area is 216 Å². The van der Waals surface area contributed by atoms with Crippen LogP contribution < -0.4 is 10.5 Å². The molecule has 0 aromatic heterocycles. The summed E-state index contributed by atoms with van der Waals surface area (Å²) in [7, 11) is -15.3. The maximum Gasteiger partial charge on any atom is 0.397 e. The molecule has 10 N–H and O–H groups in total. The highest BCUT2D eigenvalue weighted by molar-refractivity contribution is 7.83. The summed E-state index contributed by atoms with van der Waals surface area (Å²) in [4.78, 5) is 0. The highest BCUT2D eigenvalue weighted by Crippen LogP contribution is 2.30. The van der Waals surface area contributed by atoms with Gasteiger partial charge in [0.15, 0.2) is 12.6 Å². The first kappa shape index (κ1) is 33.5. The van der Waals surface area contributed by atoms with Gasteiger partial charge in [-0.25, -0.2) is 8.37 Å². The number of hydrogen-bond acceptors (Lipinski definition) is 17. The van der Waals surface area contributed by atoms with E-state index in [4.69, 9.17) is 33.8 Å². The van der Waals surface area contributed by atoms with E-state index >= 15 is 0 Å². The van der Waals surface area contributed by atoms with Crippen molar-refractivity contribution in [1.29, 1.82) is 0 Å². The lowest BCUT2D eigenvalue weighted by Crippen LogP contribution is -2.68. The quantitative estimate of drug-likeness (QED) is 0.0860. The second-order valence-corrected chi connectivity index (χ2v) is 11.2. The topological polar surface area (TPSA) is 337 Å². The summed E-state index contributed by atoms with van der Waals surface area (Å²) >= 11 is 0. The van der Waals surface area contributed by atoms with Crippen molar-refractivity contribution >= 4 is 31.1 Å². The van der Waals surface area contributed by atoms with Crippen molar-refractivity contribution in [2.45, 2.75) is 61.3 Å². The van der Waals surface area contributed by atoms with Gasteiger partial charge in [0.05, 0.1) is 19.8 Å². The molecule has 2 aliphatic heterocycles. The van der Waals surface area contributed by atoms with E-state index in [1.807, 2.05) is 0 Å². The molecule has 2 aliphatic rings. The third-order valence-corrected chi connectivity index (χ3v) is 6.52. The van der Waals surface area contributed by atoms with Gasteiger partial charge >= 0.3 is 31.1 Å². The van der Waals surface area contributed by atoms with E-state index in [0.717, 1.165) is 0 Å². The minimum Gasteiger partial charge on any atom is -0.388 e. The normalized spacial score (nSPS) is 37.3. The van der Waals surface area contributed by atoms with Gasteiger partial charge in [-0.2, -0.15) is 30.0 Å². The number of aliphatic hydroxyl groups excluding tert-OH is 4. The number of rotatable bonds is 13. The predicted molar refractivity (Wildman–Crippen MR) is 115 cm³/mol. The summed E-state index contributed by atoms with van der Waals surface area (Å²) in [6, 6.07) is -2.10. The molecule has 0 amide bonds. The fraction of sp³-hybridized carbons (Fsp3) is 1.00. The van der Waals surface area contributed by atoms with E-state index in [2.05, 4.69) is 8.37 Å². The first-order valence-corrected chi connectivity index (χ1v) is 14.5. The highest BCUT2D eigenvalue weighted by Gasteiger charge is 2.52. The lowest BCUT2D eigenvalue weighted by atomic mass is 9.96. The van der Waals surface area contributed by atoms with Gasteiger partial charge in [-0.3, -0.25) is 13.7 Å². The van der Waals surface area contributed by atoms with Crippen LogP contribution in [0.1, 0.15) is 0 Å². The van der Waals surface area contributed by atoms with Crippen LogP contribution in [-0.4, -0.2) is 147 Å². The molecule has 2 saturated heterocycles. The van der Waals surface area contributed by atoms with Gasteiger partial charge in [-0.1, -0.05) is 0 Å². The molecule has 0 spiro atoms. The van der Waals surface area contributed by atoms with Crippen molar-refractivity contribution in [3.05, 3.63) is 0 Å². The first-order chi connectivity index (χ1) is 17.3. The van der Waals surface area contributed by atoms with Crippen LogP contribution in [-0.2, 0) is 58.4 Å². The van der Waals surface area contributed by atoms with Crippen LogP contribution in [0.15, 0.2) is 0 Å². The van der Waals surface area contributed by atoms with Crippen LogP contribution in [0.2, 0.25) is 0 Å². The van der Waals surface area contributed by atoms with Crippen molar-refractivity contribution in [1.82, 2.24) is 4.72 Å². The molecule has 21 nitrogen and oxygen atoms in total. The average Bonchev–Trinajstić information content (AvgIpc) is 2.77. The Bertz CT molecular complexity index is 1080. The molecule has 0 unspecified atom stereocenters. The lowest BCUT2D eigenvalue weighted by Gasteiger charge is -2.47. The van der Waals surface area contributed by atoms with Crippen molar-refractivity contribution in [3.8, 4) is 0 Å². The van der Waals surface area contributed by atoms with Crippen LogP contribution >= 0.6 is 0 Å². The molecule has 24 heteroatoms. The Balaban J connectivity index is 2.38. The van der Waals surface area contributed by atoms with Crippen molar-refractivity contribution in [2.75, 3.05) is 26.4 Å². The standard InChI is InChI=1S/C14H28N2O19S3/c15-1-2-30-14-11(20)10(19)12(6(34-14)4-32-38(27,28)29)35-13-7(16-36(21,22)23)9(18)8(17)5(33-13)3-31-37(24,25)26/h5-14,16-20H,1-4,15H2,(H,21,22,23)(H,24,25,26)(H,27,28,29)/t5-,6-,7-,8-,9-,10-,11-,12-,13-,14-/m1/s1. The van der Waals surface area contributed by atoms with Gasteiger partial charge in [-0.15, -0.1) is 0 Å². The van der Waals surface area contributed by atoms with E-state index in [1.54, 1.807) is 0 Å². The molecule has 2 heterocycles. The van der Waals surface area contributed by atoms with Crippen molar-refractivity contribution < 1.29 is 86.7 Å². The summed E-state index contributed by atoms with van der Waals surface area (Å²) in [6.07, 6.45) is -17.7. The number of nitrogens with two attached hydrogens (primary N) is 1. The zero-order valence-corrected chi connectivity index (χ0v) is 21.4. The van der Waals surface area contributed by atoms with Crippen molar-refractivity contribution in [3.63, 3.8) is 0 Å². The first-order valence-electron chi connectivity index (χ1n) is 10.3. The number of nitrogens with one attached hydrogen (secondary N) is 1. The molecule has 38 heavy (non-hydrogen) atoms. The summed E-state index contributed by atoms with van der Waals surface area (Å²) in [5.74, 6) is 0. The highest BCUT2D eigenvalue weighted by atomic mass is 32.3. The van der Waals surface area contributed by atoms with Crippen LogP contribution in [0.5, 0.6) is 0 Å². The monoisotopic (exact) mass is 624 g/mol. The largest absolute Gasteiger partial charge is 0.397 e. The van der Waals surface area contributed by atoms with Gasteiger partial charge in [0.25, 0.3) is 0 Å². The predicted octanol–water partition coefficient (Wildman–Crippen LogP) is -6.36. The van der Waals surface area contributed by atoms with Crippen LogP contribution in [0.25, 0.3) is 0 Å². The van der Waals surface area contributed by atoms with Crippen molar-refractivity contribution in [2.24, 2.45) is 5.73 Å². The van der Waals surface area contributed by atoms with Gasteiger partial charge in [0, 0.05) is 6.54 Å². The SMILES string of the molecule is NCCO[C@@H]1O[C@H](COS(=O)(=O)O)[C@@H](O[C@H]2O[C@H](COS(=O)(=O)O)[C@@H](O)[C@H](O)[C@H]2NS(=O)(=O)O)[C@H](O)[C@H]1O. The summed E-state index contributed by atoms with van der Waals surface area (Å²) < 4.78 is 124. The third-order valence-electron chi connectivity index (χ3n) is 5.08. The van der Waals surface area contributed by atoms with Crippen LogP contribution in [0.3, 0.4) is 0 Å². The second kappa shape index (κ2) is 13.3. The molecule has 10 atom stereocenters. The van der Waals surface area contributed by atoms with E-state index in [-0.39, 0.29) is 13.2 Å². The van der Waals surface area contributed by atoms with E-state index in [9.17, 15) is 50.2 Å². The Morgan fingerprint density at radius 3 is 1.76 bits per heavy atom. The van der Waals surface area contributed by atoms with Gasteiger partial charge < -0.3 is 45.1 Å². The smallest absolute Gasteiger partial charge is 0.388 e. The average molecular weight is 625 g/mol.